The number of azo groups is 1. The van der Waals surface area contributed by atoms with Crippen LogP contribution < -0.4 is 4.31 Å². The molecule has 0 aliphatic carbocycles. The molecule has 0 heterocycles. The van der Waals surface area contributed by atoms with E-state index < -0.39 is 74.2 Å². The summed E-state index contributed by atoms with van der Waals surface area (Å²) in [5.41, 5.74) is -0.823. The lowest BCUT2D eigenvalue weighted by atomic mass is 10.1. The molecule has 0 aliphatic heterocycles. The van der Waals surface area contributed by atoms with Crippen LogP contribution in [0.1, 0.15) is 0 Å². The van der Waals surface area contributed by atoms with Crippen molar-refractivity contribution < 1.29 is 56.6 Å². The minimum atomic E-state index is -4.97. The van der Waals surface area contributed by atoms with Gasteiger partial charge in [-0.05, 0) is 47.9 Å². The van der Waals surface area contributed by atoms with Crippen molar-refractivity contribution in [3.05, 3.63) is 48.5 Å². The number of fused-ring (bicyclic) bond motifs is 1. The van der Waals surface area contributed by atoms with Gasteiger partial charge in [0.1, 0.15) is 10.6 Å². The summed E-state index contributed by atoms with van der Waals surface area (Å²) in [6.07, 6.45) is 0. The molecular formula is C19H19N3O13S4. The number of anilines is 1. The van der Waals surface area contributed by atoms with Crippen LogP contribution in [-0.2, 0) is 44.8 Å². The van der Waals surface area contributed by atoms with Gasteiger partial charge in [0.25, 0.3) is 20.2 Å². The molecule has 0 bridgehead atoms. The van der Waals surface area contributed by atoms with Gasteiger partial charge in [0, 0.05) is 12.4 Å². The van der Waals surface area contributed by atoms with Crippen molar-refractivity contribution in [3.8, 4) is 5.75 Å². The molecule has 3 aromatic carbocycles. The normalized spacial score (nSPS) is 13.2. The first-order valence-corrected chi connectivity index (χ1v) is 16.0. The Balaban J connectivity index is 2.07. The van der Waals surface area contributed by atoms with Gasteiger partial charge in [-0.1, -0.05) is 6.07 Å². The summed E-state index contributed by atoms with van der Waals surface area (Å²) in [7, 11) is -17.4. The molecule has 20 heteroatoms. The highest BCUT2D eigenvalue weighted by atomic mass is 32.3. The number of sulfonamides is 1. The number of benzene rings is 3. The quantitative estimate of drug-likeness (QED) is 0.186. The summed E-state index contributed by atoms with van der Waals surface area (Å²) >= 11 is 0. The summed E-state index contributed by atoms with van der Waals surface area (Å²) in [6, 6.07) is 8.73. The van der Waals surface area contributed by atoms with Crippen LogP contribution >= 0.6 is 0 Å². The van der Waals surface area contributed by atoms with E-state index in [2.05, 4.69) is 14.4 Å². The summed E-state index contributed by atoms with van der Waals surface area (Å²) in [6.45, 7) is -0.891. The molecule has 0 amide bonds. The van der Waals surface area contributed by atoms with E-state index in [1.165, 1.54) is 12.1 Å². The Hall–Kier alpha value is -3.24. The molecule has 3 aromatic rings. The zero-order chi connectivity index (χ0) is 29.4. The zero-order valence-corrected chi connectivity index (χ0v) is 22.7. The molecule has 3 rings (SSSR count). The zero-order valence-electron chi connectivity index (χ0n) is 19.5. The number of phenols is 1. The summed E-state index contributed by atoms with van der Waals surface area (Å²) in [5.74, 6) is -1.68. The monoisotopic (exact) mass is 625 g/mol. The fourth-order valence-electron chi connectivity index (χ4n) is 3.15. The van der Waals surface area contributed by atoms with Gasteiger partial charge < -0.3 is 5.11 Å². The Morgan fingerprint density at radius 1 is 0.821 bits per heavy atom. The lowest BCUT2D eigenvalue weighted by Gasteiger charge is -2.20. The maximum absolute atomic E-state index is 12.5. The fourth-order valence-corrected chi connectivity index (χ4v) is 5.69. The van der Waals surface area contributed by atoms with E-state index in [1.54, 1.807) is 0 Å². The molecule has 212 valence electrons. The largest absolute Gasteiger partial charge is 0.505 e. The van der Waals surface area contributed by atoms with Crippen LogP contribution in [0.3, 0.4) is 0 Å². The number of nitrogens with zero attached hydrogens (tertiary/aromatic N) is 3. The second-order valence-corrected chi connectivity index (χ2v) is 13.7. The third-order valence-electron chi connectivity index (χ3n) is 5.07. The first-order chi connectivity index (χ1) is 17.8. The highest BCUT2D eigenvalue weighted by Gasteiger charge is 2.24. The van der Waals surface area contributed by atoms with Gasteiger partial charge >= 0.3 is 10.4 Å². The molecule has 0 spiro atoms. The van der Waals surface area contributed by atoms with Crippen molar-refractivity contribution in [2.24, 2.45) is 10.2 Å². The lowest BCUT2D eigenvalue weighted by Crippen LogP contribution is -2.31. The van der Waals surface area contributed by atoms with Gasteiger partial charge in [0.05, 0.1) is 28.6 Å². The molecule has 0 radical (unpaired) electrons. The van der Waals surface area contributed by atoms with Crippen LogP contribution in [0, 0.1) is 0 Å². The van der Waals surface area contributed by atoms with E-state index >= 15 is 0 Å². The van der Waals surface area contributed by atoms with E-state index in [4.69, 9.17) is 9.11 Å². The molecule has 0 aromatic heterocycles. The van der Waals surface area contributed by atoms with E-state index in [-0.39, 0.29) is 22.1 Å². The molecular weight excluding hydrogens is 606 g/mol. The molecule has 16 nitrogen and oxygen atoms in total. The van der Waals surface area contributed by atoms with Crippen molar-refractivity contribution >= 4 is 68.5 Å². The van der Waals surface area contributed by atoms with E-state index in [9.17, 15) is 43.3 Å². The first-order valence-electron chi connectivity index (χ1n) is 10.1. The summed E-state index contributed by atoms with van der Waals surface area (Å²) < 4.78 is 125. The maximum atomic E-state index is 12.5. The number of phenolic OH excluding ortho intramolecular Hbond substituents is 1. The summed E-state index contributed by atoms with van der Waals surface area (Å²) in [4.78, 5) is -1.30. The molecule has 0 aliphatic rings. The fraction of sp³-hybridized carbons (Fsp3) is 0.158. The van der Waals surface area contributed by atoms with Gasteiger partial charge in [0.15, 0.2) is 5.75 Å². The number of rotatable bonds is 10. The van der Waals surface area contributed by atoms with Crippen LogP contribution in [0.2, 0.25) is 0 Å². The predicted molar refractivity (Wildman–Crippen MR) is 136 cm³/mol. The minimum Gasteiger partial charge on any atom is -0.505 e. The number of hydrogen-bond acceptors (Lipinski definition) is 12. The first kappa shape index (κ1) is 30.3. The van der Waals surface area contributed by atoms with Gasteiger partial charge in [-0.2, -0.15) is 30.4 Å². The highest BCUT2D eigenvalue weighted by Crippen LogP contribution is 2.42. The Morgan fingerprint density at radius 2 is 1.44 bits per heavy atom. The Kier molecular flexibility index (Phi) is 8.34. The Labute approximate surface area is 222 Å². The highest BCUT2D eigenvalue weighted by molar-refractivity contribution is 7.92. The maximum Gasteiger partial charge on any atom is 0.397 e. The Morgan fingerprint density at radius 3 is 1.97 bits per heavy atom. The van der Waals surface area contributed by atoms with Crippen molar-refractivity contribution in [2.45, 2.75) is 9.79 Å². The summed E-state index contributed by atoms with van der Waals surface area (Å²) in [5, 5.41) is 18.1. The predicted octanol–water partition coefficient (Wildman–Crippen LogP) is 2.04. The standard InChI is InChI=1S/C19H19N3O13S4/c1-22(36(24,25)9-8-35-39(32,33)34)14-5-2-12-10-17(38(29,30)31)18(19(23)16(12)11-14)21-20-13-3-6-15(7-4-13)37(26,27)28/h2-7,10-11,23H,8-9H2,1H3,(H,26,27,28)(H,29,30,31)(H,32,33,34). The minimum absolute atomic E-state index is 0.0325. The van der Waals surface area contributed by atoms with Crippen LogP contribution in [0.15, 0.2) is 68.6 Å². The second-order valence-electron chi connectivity index (χ2n) is 7.65. The van der Waals surface area contributed by atoms with Crippen LogP contribution in [0.4, 0.5) is 17.1 Å². The molecule has 0 saturated carbocycles. The van der Waals surface area contributed by atoms with Gasteiger partial charge in [-0.15, -0.1) is 5.11 Å². The molecule has 39 heavy (non-hydrogen) atoms. The lowest BCUT2D eigenvalue weighted by molar-refractivity contribution is 0.284. The third kappa shape index (κ3) is 7.45. The van der Waals surface area contributed by atoms with Gasteiger partial charge in [-0.3, -0.25) is 18.0 Å². The average Bonchev–Trinajstić information content (AvgIpc) is 2.80. The van der Waals surface area contributed by atoms with E-state index in [0.29, 0.717) is 4.31 Å². The third-order valence-corrected chi connectivity index (χ3v) is 9.00. The smallest absolute Gasteiger partial charge is 0.397 e. The second kappa shape index (κ2) is 10.7. The SMILES string of the molecule is CN(c1ccc2cc(S(=O)(=O)O)c(N=Nc3ccc(S(=O)(=O)O)cc3)c(O)c2c1)S(=O)(=O)CCOS(=O)(=O)O. The van der Waals surface area contributed by atoms with Gasteiger partial charge in [0.2, 0.25) is 10.0 Å². The van der Waals surface area contributed by atoms with E-state index in [0.717, 1.165) is 43.4 Å². The van der Waals surface area contributed by atoms with Gasteiger partial charge in [-0.25, -0.2) is 12.6 Å². The van der Waals surface area contributed by atoms with Crippen LogP contribution in [0.25, 0.3) is 10.8 Å². The number of hydrogen-bond donors (Lipinski definition) is 4. The van der Waals surface area contributed by atoms with Crippen molar-refractivity contribution in [1.82, 2.24) is 0 Å². The number of aromatic hydroxyl groups is 1. The Bertz CT molecular complexity index is 1890. The van der Waals surface area contributed by atoms with Crippen LogP contribution in [0.5, 0.6) is 5.75 Å². The molecule has 0 unspecified atom stereocenters. The van der Waals surface area contributed by atoms with E-state index in [1.807, 2.05) is 0 Å². The topological polar surface area (TPSA) is 255 Å². The molecule has 0 fully saturated rings. The molecule has 0 atom stereocenters. The average molecular weight is 626 g/mol. The van der Waals surface area contributed by atoms with Crippen molar-refractivity contribution in [2.75, 3.05) is 23.7 Å². The molecule has 0 saturated heterocycles. The van der Waals surface area contributed by atoms with Crippen molar-refractivity contribution in [3.63, 3.8) is 0 Å². The van der Waals surface area contributed by atoms with Crippen LogP contribution in [-0.4, -0.2) is 71.8 Å². The van der Waals surface area contributed by atoms with Crippen molar-refractivity contribution in [1.29, 1.82) is 0 Å². The molecule has 4 N–H and O–H groups in total.